The number of aromatic nitrogens is 1. The highest BCUT2D eigenvalue weighted by Crippen LogP contribution is 2.27. The predicted molar refractivity (Wildman–Crippen MR) is 64.7 cm³/mol. The number of nitrogens with one attached hydrogen (secondary N) is 1. The summed E-state index contributed by atoms with van der Waals surface area (Å²) in [7, 11) is -2.41. The van der Waals surface area contributed by atoms with Crippen molar-refractivity contribution in [3.63, 3.8) is 0 Å². The van der Waals surface area contributed by atoms with E-state index in [2.05, 4.69) is 14.4 Å². The fourth-order valence-corrected chi connectivity index (χ4v) is 2.55. The lowest BCUT2D eigenvalue weighted by Gasteiger charge is -2.10. The van der Waals surface area contributed by atoms with Gasteiger partial charge in [0.1, 0.15) is 22.6 Å². The van der Waals surface area contributed by atoms with Crippen molar-refractivity contribution in [3.05, 3.63) is 30.7 Å². The lowest BCUT2D eigenvalue weighted by atomic mass is 10.3. The van der Waals surface area contributed by atoms with Crippen LogP contribution in [0.3, 0.4) is 0 Å². The Bertz CT molecular complexity index is 637. The lowest BCUT2D eigenvalue weighted by molar-refractivity contribution is 0.403. The van der Waals surface area contributed by atoms with Crippen LogP contribution in [-0.4, -0.2) is 20.7 Å². The molecule has 0 radical (unpaired) electrons. The lowest BCUT2D eigenvalue weighted by Crippen LogP contribution is -2.13. The maximum atomic E-state index is 12.1. The Labute approximate surface area is 104 Å². The molecule has 1 aromatic carbocycles. The van der Waals surface area contributed by atoms with Crippen molar-refractivity contribution in [1.82, 2.24) is 5.16 Å². The molecule has 0 saturated heterocycles. The minimum absolute atomic E-state index is 0.0135. The molecule has 0 spiro atoms. The van der Waals surface area contributed by atoms with Crippen LogP contribution in [0.5, 0.6) is 5.75 Å². The first kappa shape index (κ1) is 12.2. The molecular formula is C10H11N3O4S. The van der Waals surface area contributed by atoms with Crippen molar-refractivity contribution in [3.8, 4) is 5.75 Å². The van der Waals surface area contributed by atoms with Gasteiger partial charge in [-0.25, -0.2) is 8.42 Å². The van der Waals surface area contributed by atoms with Gasteiger partial charge in [-0.2, -0.15) is 0 Å². The molecular weight excluding hydrogens is 258 g/mol. The maximum Gasteiger partial charge on any atom is 0.265 e. The number of ether oxygens (including phenoxy) is 1. The average Bonchev–Trinajstić information content (AvgIpc) is 2.80. The maximum absolute atomic E-state index is 12.1. The molecule has 8 heteroatoms. The van der Waals surface area contributed by atoms with E-state index in [0.29, 0.717) is 5.69 Å². The number of benzene rings is 1. The highest BCUT2D eigenvalue weighted by molar-refractivity contribution is 7.92. The number of nitrogen functional groups attached to an aromatic ring is 1. The highest BCUT2D eigenvalue weighted by Gasteiger charge is 2.20. The van der Waals surface area contributed by atoms with E-state index in [9.17, 15) is 8.42 Å². The summed E-state index contributed by atoms with van der Waals surface area (Å²) in [5, 5.41) is 3.40. The van der Waals surface area contributed by atoms with Crippen molar-refractivity contribution in [2.75, 3.05) is 17.6 Å². The number of hydrogen-bond acceptors (Lipinski definition) is 6. The number of nitrogens with zero attached hydrogens (tertiary/aromatic N) is 1. The largest absolute Gasteiger partial charge is 0.495 e. The van der Waals surface area contributed by atoms with E-state index in [1.54, 1.807) is 0 Å². The van der Waals surface area contributed by atoms with Crippen LogP contribution in [0.4, 0.5) is 11.4 Å². The van der Waals surface area contributed by atoms with Gasteiger partial charge >= 0.3 is 0 Å². The number of sulfonamides is 1. The van der Waals surface area contributed by atoms with Gasteiger partial charge in [-0.15, -0.1) is 0 Å². The standard InChI is InChI=1S/C10H11N3O4S/c1-16-9-4-7(11)2-3-10(9)18(14,15)13-8-5-12-17-6-8/h2-6,13H,11H2,1H3. The molecule has 0 fully saturated rings. The monoisotopic (exact) mass is 269 g/mol. The van der Waals surface area contributed by atoms with E-state index in [0.717, 1.165) is 0 Å². The third kappa shape index (κ3) is 2.38. The minimum atomic E-state index is -3.77. The molecule has 0 amide bonds. The molecule has 0 saturated carbocycles. The fraction of sp³-hybridized carbons (Fsp3) is 0.100. The Kier molecular flexibility index (Phi) is 3.11. The second-order valence-corrected chi connectivity index (χ2v) is 5.08. The summed E-state index contributed by atoms with van der Waals surface area (Å²) in [5.41, 5.74) is 6.21. The van der Waals surface area contributed by atoms with Gasteiger partial charge in [0.15, 0.2) is 0 Å². The van der Waals surface area contributed by atoms with Crippen LogP contribution in [0, 0.1) is 0 Å². The third-order valence-electron chi connectivity index (χ3n) is 2.16. The molecule has 0 aliphatic heterocycles. The second kappa shape index (κ2) is 4.57. The predicted octanol–water partition coefficient (Wildman–Crippen LogP) is 1.07. The van der Waals surface area contributed by atoms with Crippen LogP contribution in [0.25, 0.3) is 0 Å². The Hall–Kier alpha value is -2.22. The molecule has 0 aliphatic rings. The number of hydrogen-bond donors (Lipinski definition) is 2. The molecule has 18 heavy (non-hydrogen) atoms. The number of methoxy groups -OCH3 is 1. The van der Waals surface area contributed by atoms with Gasteiger partial charge < -0.3 is 15.0 Å². The number of nitrogens with two attached hydrogens (primary N) is 1. The van der Waals surface area contributed by atoms with Gasteiger partial charge in [-0.05, 0) is 12.1 Å². The van der Waals surface area contributed by atoms with E-state index in [4.69, 9.17) is 10.5 Å². The molecule has 0 bridgehead atoms. The van der Waals surface area contributed by atoms with E-state index in [-0.39, 0.29) is 16.3 Å². The topological polar surface area (TPSA) is 107 Å². The van der Waals surface area contributed by atoms with E-state index in [1.165, 1.54) is 37.8 Å². The quantitative estimate of drug-likeness (QED) is 0.804. The molecule has 2 rings (SSSR count). The Morgan fingerprint density at radius 3 is 2.83 bits per heavy atom. The first-order valence-electron chi connectivity index (χ1n) is 4.88. The molecule has 7 nitrogen and oxygen atoms in total. The molecule has 2 aromatic rings. The Balaban J connectivity index is 2.41. The highest BCUT2D eigenvalue weighted by atomic mass is 32.2. The minimum Gasteiger partial charge on any atom is -0.495 e. The van der Waals surface area contributed by atoms with Gasteiger partial charge in [-0.1, -0.05) is 5.16 Å². The van der Waals surface area contributed by atoms with Gasteiger partial charge in [0, 0.05) is 11.8 Å². The summed E-state index contributed by atoms with van der Waals surface area (Å²) < 4.78 is 36.0. The molecule has 1 heterocycles. The summed E-state index contributed by atoms with van der Waals surface area (Å²) in [5.74, 6) is 0.166. The average molecular weight is 269 g/mol. The van der Waals surface area contributed by atoms with Crippen LogP contribution < -0.4 is 15.2 Å². The van der Waals surface area contributed by atoms with Crippen LogP contribution >= 0.6 is 0 Å². The van der Waals surface area contributed by atoms with E-state index >= 15 is 0 Å². The first-order chi connectivity index (χ1) is 8.53. The summed E-state index contributed by atoms with van der Waals surface area (Å²) in [6.45, 7) is 0. The van der Waals surface area contributed by atoms with Crippen LogP contribution in [-0.2, 0) is 10.0 Å². The zero-order valence-corrected chi connectivity index (χ0v) is 10.3. The molecule has 0 atom stereocenters. The Morgan fingerprint density at radius 2 is 2.22 bits per heavy atom. The Morgan fingerprint density at radius 1 is 1.44 bits per heavy atom. The van der Waals surface area contributed by atoms with Crippen LogP contribution in [0.15, 0.2) is 40.1 Å². The van der Waals surface area contributed by atoms with Crippen molar-refractivity contribution in [2.24, 2.45) is 0 Å². The van der Waals surface area contributed by atoms with Gasteiger partial charge in [0.25, 0.3) is 10.0 Å². The van der Waals surface area contributed by atoms with Crippen molar-refractivity contribution in [2.45, 2.75) is 4.90 Å². The second-order valence-electron chi connectivity index (χ2n) is 3.43. The van der Waals surface area contributed by atoms with Gasteiger partial charge in [0.05, 0.1) is 13.3 Å². The summed E-state index contributed by atoms with van der Waals surface area (Å²) >= 11 is 0. The fourth-order valence-electron chi connectivity index (χ4n) is 1.37. The van der Waals surface area contributed by atoms with Crippen molar-refractivity contribution >= 4 is 21.4 Å². The number of rotatable bonds is 4. The molecule has 3 N–H and O–H groups in total. The summed E-state index contributed by atoms with van der Waals surface area (Å²) in [6, 6.07) is 4.27. The SMILES string of the molecule is COc1cc(N)ccc1S(=O)(=O)Nc1cnoc1. The van der Waals surface area contributed by atoms with E-state index in [1.807, 2.05) is 0 Å². The first-order valence-corrected chi connectivity index (χ1v) is 6.37. The third-order valence-corrected chi connectivity index (χ3v) is 3.58. The molecule has 0 aliphatic carbocycles. The zero-order valence-electron chi connectivity index (χ0n) is 9.45. The van der Waals surface area contributed by atoms with Crippen LogP contribution in [0.1, 0.15) is 0 Å². The normalized spacial score (nSPS) is 11.2. The molecule has 96 valence electrons. The summed E-state index contributed by atoms with van der Waals surface area (Å²) in [6.07, 6.45) is 2.43. The van der Waals surface area contributed by atoms with Gasteiger partial charge in [0.2, 0.25) is 0 Å². The van der Waals surface area contributed by atoms with Gasteiger partial charge in [-0.3, -0.25) is 4.72 Å². The summed E-state index contributed by atoms with van der Waals surface area (Å²) in [4.78, 5) is -0.0135. The molecule has 0 unspecified atom stereocenters. The number of anilines is 2. The zero-order chi connectivity index (χ0) is 13.2. The molecule has 1 aromatic heterocycles. The van der Waals surface area contributed by atoms with Crippen LogP contribution in [0.2, 0.25) is 0 Å². The van der Waals surface area contributed by atoms with Crippen molar-refractivity contribution in [1.29, 1.82) is 0 Å². The van der Waals surface area contributed by atoms with Crippen molar-refractivity contribution < 1.29 is 17.7 Å². The smallest absolute Gasteiger partial charge is 0.265 e. The van der Waals surface area contributed by atoms with E-state index < -0.39 is 10.0 Å².